The number of hydrogen-bond donors (Lipinski definition) is 1. The van der Waals surface area contributed by atoms with E-state index in [1.807, 2.05) is 30.3 Å². The molecule has 0 saturated carbocycles. The van der Waals surface area contributed by atoms with Gasteiger partial charge in [0, 0.05) is 21.3 Å². The number of unbranched alkanes of at least 4 members (excludes halogenated alkanes) is 2. The minimum absolute atomic E-state index is 0.359. The topological polar surface area (TPSA) is 47.6 Å². The van der Waals surface area contributed by atoms with Gasteiger partial charge in [-0.15, -0.1) is 0 Å². The largest absolute Gasteiger partial charge is 0.368 e. The molecular weight excluding hydrogens is 416 g/mol. The summed E-state index contributed by atoms with van der Waals surface area (Å²) in [7, 11) is -3.56. The van der Waals surface area contributed by atoms with Crippen molar-refractivity contribution in [2.75, 3.05) is 18.5 Å². The van der Waals surface area contributed by atoms with Crippen LogP contribution in [-0.2, 0) is 13.6 Å². The summed E-state index contributed by atoms with van der Waals surface area (Å²) in [5, 5.41) is 4.24. The van der Waals surface area contributed by atoms with Crippen molar-refractivity contribution in [3.05, 3.63) is 64.1 Å². The molecule has 154 valence electrons. The van der Waals surface area contributed by atoms with Gasteiger partial charge in [0.2, 0.25) is 0 Å². The van der Waals surface area contributed by atoms with Crippen LogP contribution in [0.5, 0.6) is 0 Å². The van der Waals surface area contributed by atoms with Crippen molar-refractivity contribution in [2.24, 2.45) is 0 Å². The molecule has 0 spiro atoms. The van der Waals surface area contributed by atoms with Crippen LogP contribution in [0.15, 0.2) is 48.5 Å². The van der Waals surface area contributed by atoms with E-state index in [0.29, 0.717) is 28.8 Å². The Labute approximate surface area is 178 Å². The first-order valence-corrected chi connectivity index (χ1v) is 12.0. The summed E-state index contributed by atoms with van der Waals surface area (Å²) in [6.45, 7) is 4.83. The van der Waals surface area contributed by atoms with Crippen molar-refractivity contribution in [3.8, 4) is 0 Å². The van der Waals surface area contributed by atoms with Crippen LogP contribution in [0.4, 0.5) is 5.69 Å². The molecule has 0 radical (unpaired) electrons. The highest BCUT2D eigenvalue weighted by atomic mass is 35.5. The number of halogens is 2. The highest BCUT2D eigenvalue weighted by molar-refractivity contribution is 7.54. The van der Waals surface area contributed by atoms with Crippen molar-refractivity contribution in [1.29, 1.82) is 0 Å². The van der Waals surface area contributed by atoms with Gasteiger partial charge in [-0.2, -0.15) is 0 Å². The second-order valence-corrected chi connectivity index (χ2v) is 9.45. The van der Waals surface area contributed by atoms with Gasteiger partial charge >= 0.3 is 7.60 Å². The van der Waals surface area contributed by atoms with Crippen molar-refractivity contribution in [1.82, 2.24) is 0 Å². The molecule has 0 aliphatic rings. The molecule has 1 N–H and O–H groups in total. The number of rotatable bonds is 12. The van der Waals surface area contributed by atoms with Crippen molar-refractivity contribution in [3.63, 3.8) is 0 Å². The third-order valence-corrected chi connectivity index (χ3v) is 6.88. The maximum atomic E-state index is 13.9. The summed E-state index contributed by atoms with van der Waals surface area (Å²) in [6.07, 6.45) is 3.47. The minimum atomic E-state index is -3.56. The van der Waals surface area contributed by atoms with Crippen LogP contribution < -0.4 is 5.32 Å². The SMILES string of the molecule is CCCCOP(=O)(OCCCC)C(Nc1ccccc1)c1ccc(Cl)cc1Cl. The van der Waals surface area contributed by atoms with E-state index in [9.17, 15) is 4.57 Å². The van der Waals surface area contributed by atoms with Gasteiger partial charge in [0.25, 0.3) is 0 Å². The van der Waals surface area contributed by atoms with Gasteiger partial charge in [0.1, 0.15) is 0 Å². The zero-order valence-corrected chi connectivity index (χ0v) is 18.8. The molecular formula is C21H28Cl2NO3P. The monoisotopic (exact) mass is 443 g/mol. The quantitative estimate of drug-likeness (QED) is 0.267. The van der Waals surface area contributed by atoms with Crippen LogP contribution in [0, 0.1) is 0 Å². The smallest absolute Gasteiger partial charge is 0.357 e. The van der Waals surface area contributed by atoms with Gasteiger partial charge in [-0.05, 0) is 37.1 Å². The van der Waals surface area contributed by atoms with Crippen LogP contribution in [0.25, 0.3) is 0 Å². The average molecular weight is 444 g/mol. The molecule has 7 heteroatoms. The number of benzene rings is 2. The number of anilines is 1. The van der Waals surface area contributed by atoms with Gasteiger partial charge in [-0.1, -0.05) is 74.2 Å². The van der Waals surface area contributed by atoms with E-state index in [1.165, 1.54) is 0 Å². The second kappa shape index (κ2) is 11.8. The van der Waals surface area contributed by atoms with Crippen LogP contribution >= 0.6 is 30.8 Å². The van der Waals surface area contributed by atoms with Crippen molar-refractivity contribution < 1.29 is 13.6 Å². The fourth-order valence-corrected chi connectivity index (χ4v) is 5.21. The molecule has 0 aliphatic heterocycles. The zero-order valence-electron chi connectivity index (χ0n) is 16.4. The Morgan fingerprint density at radius 2 is 1.57 bits per heavy atom. The third kappa shape index (κ3) is 6.79. The lowest BCUT2D eigenvalue weighted by Crippen LogP contribution is -2.16. The lowest BCUT2D eigenvalue weighted by molar-refractivity contribution is 0.194. The molecule has 2 rings (SSSR count). The van der Waals surface area contributed by atoms with Crippen LogP contribution in [0.3, 0.4) is 0 Å². The molecule has 2 aromatic rings. The van der Waals surface area contributed by atoms with E-state index >= 15 is 0 Å². The van der Waals surface area contributed by atoms with Gasteiger partial charge in [-0.25, -0.2) is 0 Å². The van der Waals surface area contributed by atoms with Crippen LogP contribution in [0.2, 0.25) is 10.0 Å². The summed E-state index contributed by atoms with van der Waals surface area (Å²) in [5.74, 6) is -0.742. The second-order valence-electron chi connectivity index (χ2n) is 6.49. The maximum absolute atomic E-state index is 13.9. The molecule has 2 aromatic carbocycles. The Bertz CT molecular complexity index is 760. The van der Waals surface area contributed by atoms with E-state index < -0.39 is 13.4 Å². The molecule has 0 aliphatic carbocycles. The van der Waals surface area contributed by atoms with Gasteiger partial charge in [-0.3, -0.25) is 4.57 Å². The van der Waals surface area contributed by atoms with E-state index in [1.54, 1.807) is 18.2 Å². The van der Waals surface area contributed by atoms with Gasteiger partial charge in [0.05, 0.1) is 13.2 Å². The molecule has 1 unspecified atom stereocenters. The summed E-state index contributed by atoms with van der Waals surface area (Å²) >= 11 is 12.5. The summed E-state index contributed by atoms with van der Waals surface area (Å²) < 4.78 is 25.6. The first kappa shape index (κ1) is 23.3. The molecule has 0 aromatic heterocycles. The lowest BCUT2D eigenvalue weighted by atomic mass is 10.2. The highest BCUT2D eigenvalue weighted by Gasteiger charge is 2.38. The number of hydrogen-bond acceptors (Lipinski definition) is 4. The molecule has 28 heavy (non-hydrogen) atoms. The summed E-state index contributed by atoms with van der Waals surface area (Å²) in [5.41, 5.74) is 1.43. The fourth-order valence-electron chi connectivity index (χ4n) is 2.60. The van der Waals surface area contributed by atoms with Crippen molar-refractivity contribution >= 4 is 36.5 Å². The van der Waals surface area contributed by atoms with E-state index in [-0.39, 0.29) is 0 Å². The molecule has 0 bridgehead atoms. The van der Waals surface area contributed by atoms with Gasteiger partial charge < -0.3 is 14.4 Å². The first-order chi connectivity index (χ1) is 13.5. The van der Waals surface area contributed by atoms with E-state index in [0.717, 1.165) is 31.4 Å². The number of nitrogens with one attached hydrogen (secondary N) is 1. The lowest BCUT2D eigenvalue weighted by Gasteiger charge is -2.29. The summed E-state index contributed by atoms with van der Waals surface area (Å²) in [6, 6.07) is 14.7. The molecule has 0 heterocycles. The van der Waals surface area contributed by atoms with E-state index in [4.69, 9.17) is 32.2 Å². The highest BCUT2D eigenvalue weighted by Crippen LogP contribution is 2.62. The van der Waals surface area contributed by atoms with Crippen molar-refractivity contribution in [2.45, 2.75) is 45.3 Å². The van der Waals surface area contributed by atoms with Crippen LogP contribution in [0.1, 0.15) is 50.9 Å². The van der Waals surface area contributed by atoms with E-state index in [2.05, 4.69) is 19.2 Å². The Hall–Kier alpha value is -1.03. The Kier molecular flexibility index (Phi) is 9.84. The molecule has 0 fully saturated rings. The molecule has 0 saturated heterocycles. The Morgan fingerprint density at radius 3 is 2.11 bits per heavy atom. The fraction of sp³-hybridized carbons (Fsp3) is 0.429. The van der Waals surface area contributed by atoms with Gasteiger partial charge in [0.15, 0.2) is 5.78 Å². The predicted molar refractivity (Wildman–Crippen MR) is 119 cm³/mol. The average Bonchev–Trinajstić information content (AvgIpc) is 2.68. The molecule has 0 amide bonds. The zero-order chi connectivity index (χ0) is 20.4. The molecule has 1 atom stereocenters. The normalized spacial score (nSPS) is 12.7. The molecule has 4 nitrogen and oxygen atoms in total. The third-order valence-electron chi connectivity index (χ3n) is 4.19. The van der Waals surface area contributed by atoms with Crippen LogP contribution in [-0.4, -0.2) is 13.2 Å². The number of para-hydroxylation sites is 1. The summed E-state index contributed by atoms with van der Waals surface area (Å²) in [4.78, 5) is 0. The first-order valence-electron chi connectivity index (χ1n) is 9.65. The standard InChI is InChI=1S/C21H28Cl2NO3P/c1-3-5-14-26-28(25,27-15-6-4-2)21(24-18-10-8-7-9-11-18)19-13-12-17(22)16-20(19)23/h7-13,16,21,24H,3-6,14-15H2,1-2H3. The minimum Gasteiger partial charge on any atom is -0.368 e. The Morgan fingerprint density at radius 1 is 0.964 bits per heavy atom. The maximum Gasteiger partial charge on any atom is 0.357 e. The Balaban J connectivity index is 2.42. The predicted octanol–water partition coefficient (Wildman–Crippen LogP) is 7.93.